The highest BCUT2D eigenvalue weighted by Gasteiger charge is 2.19. The first-order chi connectivity index (χ1) is 9.27. The zero-order chi connectivity index (χ0) is 15.4. The third kappa shape index (κ3) is 3.71. The van der Waals surface area contributed by atoms with E-state index in [2.05, 4.69) is 0 Å². The van der Waals surface area contributed by atoms with Crippen molar-refractivity contribution in [3.8, 4) is 0 Å². The molecule has 0 aromatic heterocycles. The summed E-state index contributed by atoms with van der Waals surface area (Å²) in [5.74, 6) is -0.939. The second kappa shape index (κ2) is 6.73. The average Bonchev–Trinajstić information content (AvgIpc) is 2.37. The second-order valence-corrected chi connectivity index (χ2v) is 4.40. The number of halogens is 1. The van der Waals surface area contributed by atoms with E-state index in [-0.39, 0.29) is 15.9 Å². The number of ether oxygens (including phenoxy) is 1. The molecule has 112 valence electrons. The lowest BCUT2D eigenvalue weighted by molar-refractivity contribution is 0.0289. The molecule has 0 amide bonds. The van der Waals surface area contributed by atoms with Crippen LogP contribution in [0.1, 0.15) is 30.6 Å². The summed E-state index contributed by atoms with van der Waals surface area (Å²) in [6.45, 7) is 3.41. The summed E-state index contributed by atoms with van der Waals surface area (Å²) >= 11 is 5.66. The summed E-state index contributed by atoms with van der Waals surface area (Å²) in [7, 11) is 0. The summed E-state index contributed by atoms with van der Waals surface area (Å²) in [5, 5.41) is 38.3. The molecule has 1 atom stereocenters. The first-order valence-corrected chi connectivity index (χ1v) is 6.02. The number of esters is 1. The normalized spacial score (nSPS) is 11.9. The van der Waals surface area contributed by atoms with Crippen LogP contribution in [0.25, 0.3) is 0 Å². The Morgan fingerprint density at radius 1 is 1.40 bits per heavy atom. The Morgan fingerprint density at radius 3 is 2.45 bits per heavy atom. The van der Waals surface area contributed by atoms with Gasteiger partial charge in [0.1, 0.15) is 5.69 Å². The van der Waals surface area contributed by atoms with Gasteiger partial charge in [0.25, 0.3) is 0 Å². The Hall–Kier alpha value is -1.58. The molecule has 1 rings (SSSR count). The minimum absolute atomic E-state index is 0.290. The first-order valence-electron chi connectivity index (χ1n) is 5.64. The zero-order valence-corrected chi connectivity index (χ0v) is 11.5. The number of rotatable bonds is 5. The standard InChI is InChI=1S/C11H13ClN2O6/c1-3-6(2)20-11(15)7-4-10(14(18)19)8(12)5-9(7)13(16)17/h4-6,18-19H,3H2,1-2H3/q-2/t6-/m0/s1. The number of hydrogen-bond donors (Lipinski definition) is 2. The van der Waals surface area contributed by atoms with Crippen molar-refractivity contribution < 1.29 is 19.9 Å². The van der Waals surface area contributed by atoms with Gasteiger partial charge in [-0.3, -0.25) is 10.4 Å². The van der Waals surface area contributed by atoms with Gasteiger partial charge < -0.3 is 20.4 Å². The zero-order valence-electron chi connectivity index (χ0n) is 10.7. The minimum Gasteiger partial charge on any atom is -0.769 e. The lowest BCUT2D eigenvalue weighted by Gasteiger charge is -2.39. The highest BCUT2D eigenvalue weighted by atomic mass is 35.5. The Labute approximate surface area is 119 Å². The van der Waals surface area contributed by atoms with Crippen molar-refractivity contribution >= 4 is 28.9 Å². The predicted molar refractivity (Wildman–Crippen MR) is 71.9 cm³/mol. The van der Waals surface area contributed by atoms with Gasteiger partial charge in [0.2, 0.25) is 0 Å². The van der Waals surface area contributed by atoms with Gasteiger partial charge in [-0.25, -0.2) is 4.79 Å². The van der Waals surface area contributed by atoms with E-state index in [1.54, 1.807) is 13.8 Å². The lowest BCUT2D eigenvalue weighted by atomic mass is 10.1. The quantitative estimate of drug-likeness (QED) is 0.629. The van der Waals surface area contributed by atoms with Crippen molar-refractivity contribution in [2.75, 3.05) is 10.5 Å². The van der Waals surface area contributed by atoms with Crippen LogP contribution in [0.4, 0.5) is 11.4 Å². The van der Waals surface area contributed by atoms with Crippen molar-refractivity contribution in [1.29, 1.82) is 0 Å². The van der Waals surface area contributed by atoms with Crippen molar-refractivity contribution in [3.05, 3.63) is 33.1 Å². The van der Waals surface area contributed by atoms with Gasteiger partial charge in [-0.2, -0.15) is 0 Å². The summed E-state index contributed by atoms with van der Waals surface area (Å²) in [5.41, 5.74) is -1.36. The number of anilines is 2. The Balaban J connectivity index is 3.27. The van der Waals surface area contributed by atoms with Gasteiger partial charge in [0.05, 0.1) is 16.7 Å². The molecule has 1 aromatic carbocycles. The molecule has 0 aliphatic carbocycles. The van der Waals surface area contributed by atoms with E-state index >= 15 is 0 Å². The molecule has 0 saturated carbocycles. The number of hydrogen-bond acceptors (Lipinski definition) is 8. The van der Waals surface area contributed by atoms with Gasteiger partial charge in [0.15, 0.2) is 0 Å². The van der Waals surface area contributed by atoms with Crippen LogP contribution in [0.2, 0.25) is 5.02 Å². The molecule has 0 unspecified atom stereocenters. The fourth-order valence-electron chi connectivity index (χ4n) is 1.35. The van der Waals surface area contributed by atoms with E-state index in [0.29, 0.717) is 6.42 Å². The van der Waals surface area contributed by atoms with Gasteiger partial charge in [0, 0.05) is 5.69 Å². The van der Waals surface area contributed by atoms with Crippen LogP contribution in [0, 0.1) is 10.4 Å². The molecule has 0 fully saturated rings. The Kier molecular flexibility index (Phi) is 5.54. The molecule has 0 heterocycles. The highest BCUT2D eigenvalue weighted by Crippen LogP contribution is 2.33. The molecule has 0 saturated heterocycles. The molecule has 9 heteroatoms. The topological polar surface area (TPSA) is 119 Å². The maximum atomic E-state index is 11.9. The lowest BCUT2D eigenvalue weighted by Crippen LogP contribution is -2.19. The van der Waals surface area contributed by atoms with Crippen LogP contribution in [0.15, 0.2) is 12.1 Å². The summed E-state index contributed by atoms with van der Waals surface area (Å²) < 4.78 is 4.98. The average molecular weight is 305 g/mol. The van der Waals surface area contributed by atoms with Crippen LogP contribution in [-0.2, 0) is 4.74 Å². The van der Waals surface area contributed by atoms with Gasteiger partial charge in [-0.1, -0.05) is 18.5 Å². The molecule has 0 bridgehead atoms. The van der Waals surface area contributed by atoms with Gasteiger partial charge in [-0.05, 0) is 25.5 Å². The van der Waals surface area contributed by atoms with E-state index in [0.717, 1.165) is 12.1 Å². The molecular formula is C11H13ClN2O6-2. The second-order valence-electron chi connectivity index (χ2n) is 3.99. The predicted octanol–water partition coefficient (Wildman–Crippen LogP) is 2.68. The molecule has 0 aliphatic heterocycles. The summed E-state index contributed by atoms with van der Waals surface area (Å²) in [6, 6.07) is 1.73. The van der Waals surface area contributed by atoms with Crippen LogP contribution < -0.4 is 10.5 Å². The summed E-state index contributed by atoms with van der Waals surface area (Å²) in [4.78, 5) is 11.9. The molecular weight excluding hydrogens is 292 g/mol. The molecule has 2 N–H and O–H groups in total. The van der Waals surface area contributed by atoms with Crippen molar-refractivity contribution in [2.24, 2.45) is 0 Å². The van der Waals surface area contributed by atoms with E-state index in [1.165, 1.54) is 0 Å². The number of benzene rings is 1. The maximum absolute atomic E-state index is 11.9. The third-order valence-electron chi connectivity index (χ3n) is 2.58. The van der Waals surface area contributed by atoms with Crippen molar-refractivity contribution in [3.63, 3.8) is 0 Å². The van der Waals surface area contributed by atoms with Crippen LogP contribution in [0.3, 0.4) is 0 Å². The molecule has 8 nitrogen and oxygen atoms in total. The summed E-state index contributed by atoms with van der Waals surface area (Å²) in [6.07, 6.45) is 0.104. The van der Waals surface area contributed by atoms with Crippen LogP contribution >= 0.6 is 11.6 Å². The fraction of sp³-hybridized carbons (Fsp3) is 0.364. The SMILES string of the molecule is CC[C@H](C)OC(=O)c1cc(N(O)O)c(Cl)cc1N([O-])[O-]. The van der Waals surface area contributed by atoms with Crippen molar-refractivity contribution in [1.82, 2.24) is 0 Å². The van der Waals surface area contributed by atoms with E-state index in [1.807, 2.05) is 0 Å². The molecule has 0 spiro atoms. The van der Waals surface area contributed by atoms with Crippen LogP contribution in [-0.4, -0.2) is 22.5 Å². The maximum Gasteiger partial charge on any atom is 0.340 e. The minimum atomic E-state index is -0.939. The van der Waals surface area contributed by atoms with Gasteiger partial charge in [-0.15, -0.1) is 5.23 Å². The fourth-order valence-corrected chi connectivity index (χ4v) is 1.58. The molecule has 0 aliphatic rings. The first kappa shape index (κ1) is 16.5. The van der Waals surface area contributed by atoms with Crippen molar-refractivity contribution in [2.45, 2.75) is 26.4 Å². The largest absolute Gasteiger partial charge is 0.769 e. The highest BCUT2D eigenvalue weighted by molar-refractivity contribution is 6.33. The Morgan fingerprint density at radius 2 is 2.00 bits per heavy atom. The Bertz CT molecular complexity index is 494. The monoisotopic (exact) mass is 304 g/mol. The number of carbonyl (C=O) groups excluding carboxylic acids is 1. The van der Waals surface area contributed by atoms with E-state index in [9.17, 15) is 15.2 Å². The van der Waals surface area contributed by atoms with Crippen LogP contribution in [0.5, 0.6) is 0 Å². The number of nitrogens with zero attached hydrogens (tertiary/aromatic N) is 2. The van der Waals surface area contributed by atoms with E-state index in [4.69, 9.17) is 26.8 Å². The van der Waals surface area contributed by atoms with E-state index < -0.39 is 28.6 Å². The number of carbonyl (C=O) groups is 1. The molecule has 1 aromatic rings. The smallest absolute Gasteiger partial charge is 0.340 e. The third-order valence-corrected chi connectivity index (χ3v) is 2.88. The molecule has 0 radical (unpaired) electrons. The molecule has 20 heavy (non-hydrogen) atoms. The van der Waals surface area contributed by atoms with Gasteiger partial charge >= 0.3 is 5.97 Å².